The molecule has 0 saturated heterocycles. The Morgan fingerprint density at radius 3 is 2.26 bits per heavy atom. The minimum atomic E-state index is -3.46. The number of rotatable bonds is 8. The van der Waals surface area contributed by atoms with Gasteiger partial charge in [0.1, 0.15) is 6.04 Å². The molecule has 1 atom stereocenters. The molecule has 2 N–H and O–H groups in total. The van der Waals surface area contributed by atoms with Gasteiger partial charge in [-0.1, -0.05) is 13.8 Å². The van der Waals surface area contributed by atoms with Gasteiger partial charge in [0.15, 0.2) is 0 Å². The van der Waals surface area contributed by atoms with Crippen LogP contribution in [0.1, 0.15) is 26.7 Å². The van der Waals surface area contributed by atoms with E-state index in [1.165, 1.54) is 7.11 Å². The van der Waals surface area contributed by atoms with Gasteiger partial charge < -0.3 is 10.1 Å². The number of esters is 1. The monoisotopic (exact) mass is 294 g/mol. The van der Waals surface area contributed by atoms with Gasteiger partial charge in [0, 0.05) is 6.54 Å². The minimum absolute atomic E-state index is 0.0511. The predicted molar refractivity (Wildman–Crippen MR) is 70.9 cm³/mol. The van der Waals surface area contributed by atoms with E-state index in [1.807, 2.05) is 13.8 Å². The molecule has 0 aliphatic heterocycles. The minimum Gasteiger partial charge on any atom is -0.469 e. The summed E-state index contributed by atoms with van der Waals surface area (Å²) in [5.74, 6) is -0.717. The number of ether oxygens (including phenoxy) is 1. The molecule has 0 aliphatic carbocycles. The largest absolute Gasteiger partial charge is 0.469 e. The molecule has 0 fully saturated rings. The Labute approximate surface area is 114 Å². The van der Waals surface area contributed by atoms with Crippen LogP contribution in [0, 0.1) is 5.92 Å². The van der Waals surface area contributed by atoms with Crippen LogP contribution in [0.5, 0.6) is 0 Å². The fourth-order valence-corrected chi connectivity index (χ4v) is 2.17. The van der Waals surface area contributed by atoms with Crippen LogP contribution >= 0.6 is 0 Å². The highest BCUT2D eigenvalue weighted by Gasteiger charge is 2.22. The smallest absolute Gasteiger partial charge is 0.307 e. The highest BCUT2D eigenvalue weighted by Crippen LogP contribution is 2.06. The lowest BCUT2D eigenvalue weighted by Gasteiger charge is -2.18. The lowest BCUT2D eigenvalue weighted by molar-refractivity contribution is -0.140. The lowest BCUT2D eigenvalue weighted by atomic mass is 10.0. The van der Waals surface area contributed by atoms with Crippen molar-refractivity contribution in [3.63, 3.8) is 0 Å². The first-order chi connectivity index (χ1) is 8.65. The van der Waals surface area contributed by atoms with Crippen molar-refractivity contribution in [1.82, 2.24) is 10.0 Å². The Balaban J connectivity index is 4.42. The van der Waals surface area contributed by atoms with Crippen LogP contribution in [0.4, 0.5) is 0 Å². The molecule has 19 heavy (non-hydrogen) atoms. The van der Waals surface area contributed by atoms with Crippen molar-refractivity contribution >= 4 is 21.9 Å². The first-order valence-corrected chi connectivity index (χ1v) is 7.86. The highest BCUT2D eigenvalue weighted by molar-refractivity contribution is 7.88. The fraction of sp³-hybridized carbons (Fsp3) is 0.818. The Hall–Kier alpha value is -1.15. The van der Waals surface area contributed by atoms with E-state index >= 15 is 0 Å². The molecule has 1 amide bonds. The SMILES string of the molecule is COC(=O)CCNC(=O)C(CC(C)C)NS(C)(=O)=O. The number of carbonyl (C=O) groups excluding carboxylic acids is 2. The Morgan fingerprint density at radius 2 is 1.84 bits per heavy atom. The standard InChI is InChI=1S/C11H22N2O5S/c1-8(2)7-9(13-19(4,16)17)11(15)12-6-5-10(14)18-3/h8-9,13H,5-7H2,1-4H3,(H,12,15). The zero-order valence-electron chi connectivity index (χ0n) is 11.7. The number of sulfonamides is 1. The maximum Gasteiger partial charge on any atom is 0.307 e. The molecule has 0 aromatic rings. The Kier molecular flexibility index (Phi) is 7.62. The van der Waals surface area contributed by atoms with Gasteiger partial charge in [-0.15, -0.1) is 0 Å². The third kappa shape index (κ3) is 9.43. The number of methoxy groups -OCH3 is 1. The molecule has 1 unspecified atom stereocenters. The summed E-state index contributed by atoms with van der Waals surface area (Å²) >= 11 is 0. The van der Waals surface area contributed by atoms with Crippen LogP contribution in [0.15, 0.2) is 0 Å². The second-order valence-corrected chi connectivity index (χ2v) is 6.47. The van der Waals surface area contributed by atoms with Gasteiger partial charge in [-0.25, -0.2) is 13.1 Å². The average molecular weight is 294 g/mol. The van der Waals surface area contributed by atoms with Crippen LogP contribution in [0.2, 0.25) is 0 Å². The highest BCUT2D eigenvalue weighted by atomic mass is 32.2. The summed E-state index contributed by atoms with van der Waals surface area (Å²) in [6.07, 6.45) is 1.44. The summed E-state index contributed by atoms with van der Waals surface area (Å²) < 4.78 is 29.1. The van der Waals surface area contributed by atoms with E-state index in [1.54, 1.807) is 0 Å². The summed E-state index contributed by atoms with van der Waals surface area (Å²) in [4.78, 5) is 22.7. The molecule has 112 valence electrons. The number of nitrogens with one attached hydrogen (secondary N) is 2. The van der Waals surface area contributed by atoms with Gasteiger partial charge in [0.05, 0.1) is 19.8 Å². The Morgan fingerprint density at radius 1 is 1.26 bits per heavy atom. The van der Waals surface area contributed by atoms with Crippen LogP contribution in [0.3, 0.4) is 0 Å². The molecular weight excluding hydrogens is 272 g/mol. The van der Waals surface area contributed by atoms with E-state index in [0.29, 0.717) is 6.42 Å². The average Bonchev–Trinajstić information content (AvgIpc) is 2.25. The predicted octanol–water partition coefficient (Wildman–Crippen LogP) is -0.370. The molecule has 0 spiro atoms. The molecule has 0 aromatic carbocycles. The van der Waals surface area contributed by atoms with E-state index in [-0.39, 0.29) is 18.9 Å². The van der Waals surface area contributed by atoms with E-state index < -0.39 is 27.9 Å². The lowest BCUT2D eigenvalue weighted by Crippen LogP contribution is -2.47. The summed E-state index contributed by atoms with van der Waals surface area (Å²) in [6, 6.07) is -0.826. The van der Waals surface area contributed by atoms with Crippen molar-refractivity contribution in [2.24, 2.45) is 5.92 Å². The topological polar surface area (TPSA) is 102 Å². The maximum atomic E-state index is 11.8. The molecule has 0 heterocycles. The van der Waals surface area contributed by atoms with Gasteiger partial charge in [0.25, 0.3) is 0 Å². The number of hydrogen-bond donors (Lipinski definition) is 2. The molecule has 0 rings (SSSR count). The van der Waals surface area contributed by atoms with Crippen molar-refractivity contribution < 1.29 is 22.7 Å². The van der Waals surface area contributed by atoms with E-state index in [2.05, 4.69) is 14.8 Å². The quantitative estimate of drug-likeness (QED) is 0.595. The van der Waals surface area contributed by atoms with E-state index in [4.69, 9.17) is 0 Å². The molecule has 0 bridgehead atoms. The Bertz CT molecular complexity index is 405. The maximum absolute atomic E-state index is 11.8. The van der Waals surface area contributed by atoms with Crippen LogP contribution in [0.25, 0.3) is 0 Å². The normalized spacial score (nSPS) is 13.1. The molecule has 0 saturated carbocycles. The molecular formula is C11H22N2O5S. The summed E-state index contributed by atoms with van der Waals surface area (Å²) in [7, 11) is -2.20. The van der Waals surface area contributed by atoms with Crippen molar-refractivity contribution in [2.45, 2.75) is 32.7 Å². The van der Waals surface area contributed by atoms with E-state index in [0.717, 1.165) is 6.26 Å². The molecule has 7 nitrogen and oxygen atoms in total. The van der Waals surface area contributed by atoms with E-state index in [9.17, 15) is 18.0 Å². The van der Waals surface area contributed by atoms with Crippen LogP contribution in [-0.2, 0) is 24.3 Å². The van der Waals surface area contributed by atoms with Crippen LogP contribution in [-0.4, -0.2) is 46.2 Å². The molecule has 0 aliphatic rings. The van der Waals surface area contributed by atoms with Gasteiger partial charge in [-0.05, 0) is 12.3 Å². The van der Waals surface area contributed by atoms with Crippen molar-refractivity contribution in [3.8, 4) is 0 Å². The van der Waals surface area contributed by atoms with Crippen molar-refractivity contribution in [2.75, 3.05) is 19.9 Å². The van der Waals surface area contributed by atoms with Gasteiger partial charge in [-0.2, -0.15) is 0 Å². The zero-order valence-corrected chi connectivity index (χ0v) is 12.5. The van der Waals surface area contributed by atoms with Gasteiger partial charge in [0.2, 0.25) is 15.9 Å². The number of hydrogen-bond acceptors (Lipinski definition) is 5. The summed E-state index contributed by atoms with van der Waals surface area (Å²) in [5.41, 5.74) is 0. The third-order valence-corrected chi connectivity index (χ3v) is 2.95. The summed E-state index contributed by atoms with van der Waals surface area (Å²) in [5, 5.41) is 2.51. The van der Waals surface area contributed by atoms with Crippen LogP contribution < -0.4 is 10.0 Å². The molecule has 0 aromatic heterocycles. The second kappa shape index (κ2) is 8.11. The summed E-state index contributed by atoms with van der Waals surface area (Å²) in [6.45, 7) is 3.89. The first kappa shape index (κ1) is 17.8. The van der Waals surface area contributed by atoms with Crippen molar-refractivity contribution in [3.05, 3.63) is 0 Å². The number of amides is 1. The third-order valence-electron chi connectivity index (χ3n) is 2.24. The number of carbonyl (C=O) groups is 2. The van der Waals surface area contributed by atoms with Gasteiger partial charge >= 0.3 is 5.97 Å². The van der Waals surface area contributed by atoms with Crippen molar-refractivity contribution in [1.29, 1.82) is 0 Å². The van der Waals surface area contributed by atoms with Gasteiger partial charge in [-0.3, -0.25) is 9.59 Å². The molecule has 8 heteroatoms. The zero-order chi connectivity index (χ0) is 15.1. The first-order valence-electron chi connectivity index (χ1n) is 5.97. The second-order valence-electron chi connectivity index (χ2n) is 4.69. The fourth-order valence-electron chi connectivity index (χ4n) is 1.45. The molecule has 0 radical (unpaired) electrons.